The van der Waals surface area contributed by atoms with Crippen molar-refractivity contribution in [3.63, 3.8) is 0 Å². The maximum Gasteiger partial charge on any atom is 0.243 e. The fraction of sp³-hybridized carbons (Fsp3) is 0.435. The molecule has 2 aromatic rings. The summed E-state index contributed by atoms with van der Waals surface area (Å²) < 4.78 is 38.8. The maximum absolute atomic E-state index is 13.4. The van der Waals surface area contributed by atoms with Crippen molar-refractivity contribution in [2.45, 2.75) is 29.6 Å². The smallest absolute Gasteiger partial charge is 0.243 e. The van der Waals surface area contributed by atoms with Gasteiger partial charge in [0.25, 0.3) is 0 Å². The van der Waals surface area contributed by atoms with Gasteiger partial charge in [-0.05, 0) is 30.5 Å². The Morgan fingerprint density at radius 2 is 1.55 bits per heavy atom. The lowest BCUT2D eigenvalue weighted by atomic mass is 9.63. The van der Waals surface area contributed by atoms with Crippen molar-refractivity contribution in [3.05, 3.63) is 54.1 Å². The molecular weight excluding hydrogens is 416 g/mol. The van der Waals surface area contributed by atoms with Gasteiger partial charge in [-0.15, -0.1) is 0 Å². The van der Waals surface area contributed by atoms with Gasteiger partial charge in [0.15, 0.2) is 11.5 Å². The largest absolute Gasteiger partial charge is 0.486 e. The molecule has 2 fully saturated rings. The molecule has 164 valence electrons. The molecule has 0 radical (unpaired) electrons. The predicted molar refractivity (Wildman–Crippen MR) is 115 cm³/mol. The molecular formula is C23H26N2O5S. The Morgan fingerprint density at radius 1 is 0.871 bits per heavy atom. The van der Waals surface area contributed by atoms with E-state index in [1.807, 2.05) is 35.2 Å². The van der Waals surface area contributed by atoms with Gasteiger partial charge in [0, 0.05) is 32.2 Å². The fourth-order valence-electron chi connectivity index (χ4n) is 4.68. The van der Waals surface area contributed by atoms with Crippen LogP contribution >= 0.6 is 0 Å². The van der Waals surface area contributed by atoms with Gasteiger partial charge >= 0.3 is 0 Å². The Hall–Kier alpha value is -2.58. The molecule has 1 aliphatic carbocycles. The number of ether oxygens (including phenoxy) is 2. The minimum Gasteiger partial charge on any atom is -0.486 e. The van der Waals surface area contributed by atoms with Crippen LogP contribution in [-0.4, -0.2) is 62.9 Å². The van der Waals surface area contributed by atoms with Gasteiger partial charge in [0.1, 0.15) is 13.2 Å². The van der Waals surface area contributed by atoms with E-state index in [0.717, 1.165) is 24.8 Å². The van der Waals surface area contributed by atoms with Crippen LogP contribution in [-0.2, 0) is 20.2 Å². The number of carbonyl (C=O) groups excluding carboxylic acids is 1. The zero-order valence-electron chi connectivity index (χ0n) is 17.3. The molecule has 0 unspecified atom stereocenters. The summed E-state index contributed by atoms with van der Waals surface area (Å²) in [6.45, 7) is 2.23. The third-order valence-corrected chi connectivity index (χ3v) is 8.51. The highest BCUT2D eigenvalue weighted by Crippen LogP contribution is 2.45. The first-order chi connectivity index (χ1) is 15.0. The average Bonchev–Trinajstić information content (AvgIpc) is 2.79. The quantitative estimate of drug-likeness (QED) is 0.727. The molecule has 3 aliphatic rings. The van der Waals surface area contributed by atoms with Crippen molar-refractivity contribution in [2.75, 3.05) is 39.4 Å². The second-order valence-electron chi connectivity index (χ2n) is 8.30. The summed E-state index contributed by atoms with van der Waals surface area (Å²) in [6.07, 6.45) is 2.75. The van der Waals surface area contributed by atoms with Crippen molar-refractivity contribution in [2.24, 2.45) is 0 Å². The Labute approximate surface area is 182 Å². The van der Waals surface area contributed by atoms with Crippen LogP contribution in [0.15, 0.2) is 53.4 Å². The van der Waals surface area contributed by atoms with Gasteiger partial charge in [0.2, 0.25) is 15.9 Å². The fourth-order valence-corrected chi connectivity index (χ4v) is 6.12. The van der Waals surface area contributed by atoms with Gasteiger partial charge in [-0.2, -0.15) is 4.31 Å². The number of fused-ring (bicyclic) bond motifs is 1. The van der Waals surface area contributed by atoms with E-state index in [1.165, 1.54) is 10.4 Å². The first-order valence-electron chi connectivity index (χ1n) is 10.8. The highest BCUT2D eigenvalue weighted by molar-refractivity contribution is 7.89. The zero-order chi connectivity index (χ0) is 21.5. The van der Waals surface area contributed by atoms with E-state index < -0.39 is 15.4 Å². The number of sulfonamides is 1. The van der Waals surface area contributed by atoms with Crippen LogP contribution in [0.3, 0.4) is 0 Å². The number of amides is 1. The van der Waals surface area contributed by atoms with Crippen molar-refractivity contribution in [1.29, 1.82) is 0 Å². The Balaban J connectivity index is 1.29. The van der Waals surface area contributed by atoms with E-state index in [4.69, 9.17) is 9.47 Å². The summed E-state index contributed by atoms with van der Waals surface area (Å²) in [6, 6.07) is 14.7. The third kappa shape index (κ3) is 3.47. The van der Waals surface area contributed by atoms with Crippen molar-refractivity contribution < 1.29 is 22.7 Å². The van der Waals surface area contributed by atoms with E-state index in [0.29, 0.717) is 37.8 Å². The lowest BCUT2D eigenvalue weighted by molar-refractivity contribution is -0.142. The van der Waals surface area contributed by atoms with Gasteiger partial charge in [-0.1, -0.05) is 36.8 Å². The maximum atomic E-state index is 13.4. The molecule has 5 rings (SSSR count). The molecule has 1 saturated carbocycles. The third-order valence-electron chi connectivity index (χ3n) is 6.62. The standard InChI is InChI=1S/C23H26N2O5S/c26-22(23(9-4-10-23)18-5-2-1-3-6-18)24-11-13-25(14-12-24)31(27,28)19-7-8-20-21(17-19)30-16-15-29-20/h1-3,5-8,17H,4,9-16H2. The van der Waals surface area contributed by atoms with Crippen LogP contribution in [0.5, 0.6) is 11.5 Å². The van der Waals surface area contributed by atoms with E-state index in [2.05, 4.69) is 0 Å². The highest BCUT2D eigenvalue weighted by Gasteiger charge is 2.48. The lowest BCUT2D eigenvalue weighted by Crippen LogP contribution is -2.57. The monoisotopic (exact) mass is 442 g/mol. The van der Waals surface area contributed by atoms with E-state index in [-0.39, 0.29) is 23.9 Å². The molecule has 0 spiro atoms. The van der Waals surface area contributed by atoms with Gasteiger partial charge in [0.05, 0.1) is 10.3 Å². The second-order valence-corrected chi connectivity index (χ2v) is 10.2. The zero-order valence-corrected chi connectivity index (χ0v) is 18.1. The number of rotatable bonds is 4. The molecule has 31 heavy (non-hydrogen) atoms. The number of piperazine rings is 1. The van der Waals surface area contributed by atoms with Gasteiger partial charge < -0.3 is 14.4 Å². The van der Waals surface area contributed by atoms with Crippen LogP contribution in [0.4, 0.5) is 0 Å². The molecule has 0 aromatic heterocycles. The molecule has 8 heteroatoms. The van der Waals surface area contributed by atoms with Crippen LogP contribution in [0.2, 0.25) is 0 Å². The van der Waals surface area contributed by atoms with Crippen LogP contribution in [0.25, 0.3) is 0 Å². The van der Waals surface area contributed by atoms with Crippen molar-refractivity contribution >= 4 is 15.9 Å². The van der Waals surface area contributed by atoms with Gasteiger partial charge in [-0.3, -0.25) is 4.79 Å². The highest BCUT2D eigenvalue weighted by atomic mass is 32.2. The first kappa shape index (κ1) is 20.3. The summed E-state index contributed by atoms with van der Waals surface area (Å²) in [5.41, 5.74) is 0.621. The summed E-state index contributed by atoms with van der Waals surface area (Å²) in [7, 11) is -3.66. The van der Waals surface area contributed by atoms with E-state index in [9.17, 15) is 13.2 Å². The molecule has 2 heterocycles. The average molecular weight is 443 g/mol. The number of hydrogen-bond donors (Lipinski definition) is 0. The summed E-state index contributed by atoms with van der Waals surface area (Å²) >= 11 is 0. The summed E-state index contributed by atoms with van der Waals surface area (Å²) in [5.74, 6) is 1.14. The number of hydrogen-bond acceptors (Lipinski definition) is 5. The Kier molecular flexibility index (Phi) is 5.14. The SMILES string of the molecule is O=C(N1CCN(S(=O)(=O)c2ccc3c(c2)OCCO3)CC1)C1(c2ccccc2)CCC1. The molecule has 7 nitrogen and oxygen atoms in total. The number of carbonyl (C=O) groups is 1. The van der Waals surface area contributed by atoms with E-state index >= 15 is 0 Å². The number of benzene rings is 2. The second kappa shape index (κ2) is 7.84. The molecule has 0 N–H and O–H groups in total. The molecule has 0 bridgehead atoms. The van der Waals surface area contributed by atoms with Crippen LogP contribution < -0.4 is 9.47 Å². The molecule has 1 saturated heterocycles. The molecule has 2 aromatic carbocycles. The van der Waals surface area contributed by atoms with Gasteiger partial charge in [-0.25, -0.2) is 8.42 Å². The summed E-state index contributed by atoms with van der Waals surface area (Å²) in [5, 5.41) is 0. The first-order valence-corrected chi connectivity index (χ1v) is 12.2. The minimum atomic E-state index is -3.66. The lowest BCUT2D eigenvalue weighted by Gasteiger charge is -2.45. The van der Waals surface area contributed by atoms with Crippen LogP contribution in [0.1, 0.15) is 24.8 Å². The minimum absolute atomic E-state index is 0.126. The molecule has 2 aliphatic heterocycles. The van der Waals surface area contributed by atoms with Crippen molar-refractivity contribution in [1.82, 2.24) is 9.21 Å². The molecule has 0 atom stereocenters. The van der Waals surface area contributed by atoms with E-state index in [1.54, 1.807) is 12.1 Å². The topological polar surface area (TPSA) is 76.2 Å². The van der Waals surface area contributed by atoms with Crippen molar-refractivity contribution in [3.8, 4) is 11.5 Å². The normalized spacial score (nSPS) is 20.7. The Morgan fingerprint density at radius 3 is 2.19 bits per heavy atom. The van der Waals surface area contributed by atoms with Crippen LogP contribution in [0, 0.1) is 0 Å². The Bertz CT molecular complexity index is 1070. The summed E-state index contributed by atoms with van der Waals surface area (Å²) in [4.78, 5) is 15.4. The molecule has 1 amide bonds. The number of nitrogens with zero attached hydrogens (tertiary/aromatic N) is 2. The predicted octanol–water partition coefficient (Wildman–Crippen LogP) is 2.41.